The Morgan fingerprint density at radius 1 is 1.10 bits per heavy atom. The van der Waals surface area contributed by atoms with Crippen LogP contribution in [0.5, 0.6) is 0 Å². The third-order valence-electron chi connectivity index (χ3n) is 4.69. The van der Waals surface area contributed by atoms with Crippen LogP contribution in [0.1, 0.15) is 44.1 Å². The van der Waals surface area contributed by atoms with Crippen molar-refractivity contribution in [2.24, 2.45) is 13.0 Å². The van der Waals surface area contributed by atoms with Crippen molar-refractivity contribution in [2.75, 3.05) is 5.73 Å². The van der Waals surface area contributed by atoms with E-state index in [9.17, 15) is 0 Å². The third-order valence-corrected chi connectivity index (χ3v) is 4.69. The van der Waals surface area contributed by atoms with Gasteiger partial charge in [0.05, 0.1) is 6.20 Å². The summed E-state index contributed by atoms with van der Waals surface area (Å²) in [5.41, 5.74) is 9.93. The van der Waals surface area contributed by atoms with Crippen molar-refractivity contribution in [3.8, 4) is 11.1 Å². The maximum atomic E-state index is 6.16. The lowest BCUT2D eigenvalue weighted by Gasteiger charge is -2.28. The van der Waals surface area contributed by atoms with Gasteiger partial charge in [-0.3, -0.25) is 4.68 Å². The van der Waals surface area contributed by atoms with Crippen LogP contribution in [0.2, 0.25) is 0 Å². The highest BCUT2D eigenvalue weighted by molar-refractivity contribution is 5.76. The number of nitrogens with two attached hydrogens (primary N) is 1. The van der Waals surface area contributed by atoms with E-state index >= 15 is 0 Å². The molecule has 1 aliphatic carbocycles. The number of anilines is 1. The first-order valence-electron chi connectivity index (χ1n) is 7.53. The fraction of sp³-hybridized carbons (Fsp3) is 0.471. The van der Waals surface area contributed by atoms with Crippen LogP contribution in [0.3, 0.4) is 0 Å². The number of rotatable bonds is 2. The molecule has 0 aliphatic heterocycles. The lowest BCUT2D eigenvalue weighted by molar-refractivity contribution is 0.348. The molecule has 3 heteroatoms. The summed E-state index contributed by atoms with van der Waals surface area (Å²) in [6.45, 7) is 2.36. The van der Waals surface area contributed by atoms with Crippen LogP contribution in [0.4, 0.5) is 5.82 Å². The predicted octanol–water partition coefficient (Wildman–Crippen LogP) is 3.96. The topological polar surface area (TPSA) is 43.8 Å². The van der Waals surface area contributed by atoms with E-state index in [1.165, 1.54) is 36.8 Å². The van der Waals surface area contributed by atoms with Crippen molar-refractivity contribution < 1.29 is 0 Å². The Bertz CT molecular complexity index is 592. The third kappa shape index (κ3) is 2.33. The lowest BCUT2D eigenvalue weighted by atomic mass is 9.77. The van der Waals surface area contributed by atoms with Gasteiger partial charge in [0.1, 0.15) is 5.82 Å². The largest absolute Gasteiger partial charge is 0.383 e. The van der Waals surface area contributed by atoms with Crippen LogP contribution >= 0.6 is 0 Å². The molecule has 3 rings (SSSR count). The molecule has 1 aliphatic rings. The molecule has 0 spiro atoms. The summed E-state index contributed by atoms with van der Waals surface area (Å²) in [6, 6.07) is 8.68. The van der Waals surface area contributed by atoms with E-state index in [1.807, 2.05) is 13.2 Å². The predicted molar refractivity (Wildman–Crippen MR) is 83.4 cm³/mol. The smallest absolute Gasteiger partial charge is 0.129 e. The Morgan fingerprint density at radius 3 is 2.45 bits per heavy atom. The Labute approximate surface area is 120 Å². The Morgan fingerprint density at radius 2 is 1.80 bits per heavy atom. The van der Waals surface area contributed by atoms with E-state index < -0.39 is 0 Å². The molecule has 0 atom stereocenters. The molecule has 0 amide bonds. The summed E-state index contributed by atoms with van der Waals surface area (Å²) >= 11 is 0. The average Bonchev–Trinajstić information content (AvgIpc) is 2.80. The Balaban J connectivity index is 1.98. The van der Waals surface area contributed by atoms with Crippen molar-refractivity contribution in [3.05, 3.63) is 36.0 Å². The molecule has 1 heterocycles. The zero-order valence-electron chi connectivity index (χ0n) is 12.3. The summed E-state index contributed by atoms with van der Waals surface area (Å²) in [5.74, 6) is 2.30. The summed E-state index contributed by atoms with van der Waals surface area (Å²) in [4.78, 5) is 0. The lowest BCUT2D eigenvalue weighted by Crippen LogP contribution is -2.11. The van der Waals surface area contributed by atoms with Gasteiger partial charge in [-0.2, -0.15) is 5.10 Å². The Kier molecular flexibility index (Phi) is 3.51. The van der Waals surface area contributed by atoms with Crippen molar-refractivity contribution in [1.29, 1.82) is 0 Å². The molecule has 3 nitrogen and oxygen atoms in total. The van der Waals surface area contributed by atoms with Crippen LogP contribution in [0.25, 0.3) is 11.1 Å². The van der Waals surface area contributed by atoms with Crippen LogP contribution in [0, 0.1) is 5.92 Å². The van der Waals surface area contributed by atoms with Gasteiger partial charge < -0.3 is 5.73 Å². The minimum Gasteiger partial charge on any atom is -0.383 e. The monoisotopic (exact) mass is 269 g/mol. The second-order valence-corrected chi connectivity index (χ2v) is 6.11. The van der Waals surface area contributed by atoms with E-state index in [1.54, 1.807) is 4.68 Å². The minimum absolute atomic E-state index is 0.669. The molecule has 0 radical (unpaired) electrons. The zero-order valence-corrected chi connectivity index (χ0v) is 12.3. The molecule has 1 aromatic carbocycles. The first kappa shape index (κ1) is 13.2. The molecule has 1 fully saturated rings. The van der Waals surface area contributed by atoms with E-state index in [0.717, 1.165) is 17.3 Å². The molecular formula is C17H23N3. The molecular weight excluding hydrogens is 246 g/mol. The van der Waals surface area contributed by atoms with E-state index in [4.69, 9.17) is 5.73 Å². The fourth-order valence-corrected chi connectivity index (χ4v) is 3.32. The summed E-state index contributed by atoms with van der Waals surface area (Å²) in [6.07, 6.45) is 7.14. The highest BCUT2D eigenvalue weighted by atomic mass is 15.3. The van der Waals surface area contributed by atoms with Crippen molar-refractivity contribution in [2.45, 2.75) is 38.5 Å². The van der Waals surface area contributed by atoms with Crippen LogP contribution < -0.4 is 5.73 Å². The van der Waals surface area contributed by atoms with E-state index in [2.05, 4.69) is 36.3 Å². The van der Waals surface area contributed by atoms with Crippen LogP contribution in [-0.4, -0.2) is 9.78 Å². The standard InChI is InChI=1S/C17H23N3/c1-12-7-9-13(10-8-12)14-5-3-4-6-15(14)16-11-19-20(2)17(16)18/h3-6,11-13H,7-10,18H2,1-2H3. The maximum absolute atomic E-state index is 6.16. The Hall–Kier alpha value is -1.77. The van der Waals surface area contributed by atoms with Gasteiger partial charge in [-0.05, 0) is 35.8 Å². The molecule has 106 valence electrons. The summed E-state index contributed by atoms with van der Waals surface area (Å²) < 4.78 is 1.75. The van der Waals surface area contributed by atoms with Crippen molar-refractivity contribution >= 4 is 5.82 Å². The van der Waals surface area contributed by atoms with E-state index in [0.29, 0.717) is 5.92 Å². The first-order valence-corrected chi connectivity index (χ1v) is 7.53. The van der Waals surface area contributed by atoms with Gasteiger partial charge in [-0.15, -0.1) is 0 Å². The quantitative estimate of drug-likeness (QED) is 0.896. The summed E-state index contributed by atoms with van der Waals surface area (Å²) in [7, 11) is 1.89. The van der Waals surface area contributed by atoms with Gasteiger partial charge in [0.2, 0.25) is 0 Å². The number of nitrogens with zero attached hydrogens (tertiary/aromatic N) is 2. The van der Waals surface area contributed by atoms with Crippen molar-refractivity contribution in [1.82, 2.24) is 9.78 Å². The normalized spacial score (nSPS) is 22.9. The fourth-order valence-electron chi connectivity index (χ4n) is 3.32. The molecule has 2 aromatic rings. The summed E-state index contributed by atoms with van der Waals surface area (Å²) in [5, 5.41) is 4.28. The zero-order chi connectivity index (χ0) is 14.1. The molecule has 2 N–H and O–H groups in total. The number of benzene rings is 1. The number of aromatic nitrogens is 2. The van der Waals surface area contributed by atoms with Gasteiger partial charge in [0, 0.05) is 12.6 Å². The molecule has 0 bridgehead atoms. The number of hydrogen-bond acceptors (Lipinski definition) is 2. The van der Waals surface area contributed by atoms with Crippen LogP contribution in [-0.2, 0) is 7.05 Å². The van der Waals surface area contributed by atoms with Crippen LogP contribution in [0.15, 0.2) is 30.5 Å². The molecule has 0 saturated heterocycles. The number of aryl methyl sites for hydroxylation is 1. The highest BCUT2D eigenvalue weighted by Gasteiger charge is 2.23. The minimum atomic E-state index is 0.669. The SMILES string of the molecule is CC1CCC(c2ccccc2-c2cnn(C)c2N)CC1. The first-order chi connectivity index (χ1) is 9.66. The van der Waals surface area contributed by atoms with Crippen molar-refractivity contribution in [3.63, 3.8) is 0 Å². The second kappa shape index (κ2) is 5.31. The maximum Gasteiger partial charge on any atom is 0.129 e. The van der Waals surface area contributed by atoms with E-state index in [-0.39, 0.29) is 0 Å². The van der Waals surface area contributed by atoms with Gasteiger partial charge in [-0.1, -0.05) is 44.0 Å². The molecule has 1 aromatic heterocycles. The van der Waals surface area contributed by atoms with Gasteiger partial charge >= 0.3 is 0 Å². The molecule has 20 heavy (non-hydrogen) atoms. The van der Waals surface area contributed by atoms with Gasteiger partial charge in [0.25, 0.3) is 0 Å². The highest BCUT2D eigenvalue weighted by Crippen LogP contribution is 2.40. The number of hydrogen-bond donors (Lipinski definition) is 1. The second-order valence-electron chi connectivity index (χ2n) is 6.11. The van der Waals surface area contributed by atoms with Gasteiger partial charge in [-0.25, -0.2) is 0 Å². The van der Waals surface area contributed by atoms with Gasteiger partial charge in [0.15, 0.2) is 0 Å². The average molecular weight is 269 g/mol. The molecule has 0 unspecified atom stereocenters. The number of nitrogen functional groups attached to an aromatic ring is 1. The molecule has 1 saturated carbocycles.